The topological polar surface area (TPSA) is 86.8 Å². The fraction of sp³-hybridized carbons (Fsp3) is 0.333. The van der Waals surface area contributed by atoms with Gasteiger partial charge in [0, 0.05) is 31.9 Å². The number of likely N-dealkylation sites (N-methyl/N-ethyl adjacent to an activating group) is 1. The van der Waals surface area contributed by atoms with Crippen LogP contribution in [0.2, 0.25) is 0 Å². The lowest BCUT2D eigenvalue weighted by molar-refractivity contribution is 0.222. The Bertz CT molecular complexity index is 994. The van der Waals surface area contributed by atoms with Gasteiger partial charge in [-0.1, -0.05) is 17.7 Å². The van der Waals surface area contributed by atoms with Gasteiger partial charge in [-0.05, 0) is 50.4 Å². The highest BCUT2D eigenvalue weighted by atomic mass is 32.2. The van der Waals surface area contributed by atoms with E-state index in [1.807, 2.05) is 14.0 Å². The molecule has 1 heterocycles. The van der Waals surface area contributed by atoms with Crippen molar-refractivity contribution in [2.24, 2.45) is 0 Å². The van der Waals surface area contributed by atoms with Crippen LogP contribution in [-0.2, 0) is 20.0 Å². The molecule has 0 spiro atoms. The summed E-state index contributed by atoms with van der Waals surface area (Å²) in [6.07, 6.45) is 0. The van der Waals surface area contributed by atoms with Gasteiger partial charge in [0.15, 0.2) is 0 Å². The number of anilines is 1. The second-order valence-corrected chi connectivity index (χ2v) is 10.3. The molecule has 1 fully saturated rings. The minimum Gasteiger partial charge on any atom is -0.304 e. The molecule has 27 heavy (non-hydrogen) atoms. The number of nitrogens with one attached hydrogen (secondary N) is 1. The quantitative estimate of drug-likeness (QED) is 0.813. The van der Waals surface area contributed by atoms with E-state index in [1.165, 1.54) is 40.7 Å². The first-order valence-corrected chi connectivity index (χ1v) is 11.5. The van der Waals surface area contributed by atoms with E-state index in [2.05, 4.69) is 9.62 Å². The van der Waals surface area contributed by atoms with Gasteiger partial charge in [0.05, 0.1) is 9.79 Å². The summed E-state index contributed by atoms with van der Waals surface area (Å²) in [5.74, 6) is 0. The summed E-state index contributed by atoms with van der Waals surface area (Å²) in [5, 5.41) is 0. The molecule has 9 heteroatoms. The first-order chi connectivity index (χ1) is 12.7. The largest absolute Gasteiger partial charge is 0.304 e. The second kappa shape index (κ2) is 7.59. The lowest BCUT2D eigenvalue weighted by Gasteiger charge is -2.31. The zero-order valence-electron chi connectivity index (χ0n) is 15.3. The molecule has 146 valence electrons. The maximum atomic E-state index is 12.7. The molecule has 0 radical (unpaired) electrons. The predicted molar refractivity (Wildman–Crippen MR) is 105 cm³/mol. The standard InChI is InChI=1S/C18H23N3O4S2/c1-15-3-7-17(8-4-15)26(22,23)19-16-5-9-18(10-6-16)27(24,25)21-13-11-20(2)12-14-21/h3-10,19H,11-14H2,1-2H3. The van der Waals surface area contributed by atoms with Crippen LogP contribution >= 0.6 is 0 Å². The average molecular weight is 410 g/mol. The summed E-state index contributed by atoms with van der Waals surface area (Å²) < 4.78 is 54.2. The van der Waals surface area contributed by atoms with Crippen molar-refractivity contribution in [1.82, 2.24) is 9.21 Å². The number of hydrogen-bond donors (Lipinski definition) is 1. The number of sulfonamides is 2. The molecule has 1 aliphatic heterocycles. The van der Waals surface area contributed by atoms with E-state index < -0.39 is 20.0 Å². The van der Waals surface area contributed by atoms with E-state index in [4.69, 9.17) is 0 Å². The molecular formula is C18H23N3O4S2. The molecule has 1 saturated heterocycles. The highest BCUT2D eigenvalue weighted by molar-refractivity contribution is 7.92. The van der Waals surface area contributed by atoms with Crippen molar-refractivity contribution in [3.8, 4) is 0 Å². The third-order valence-electron chi connectivity index (χ3n) is 4.54. The summed E-state index contributed by atoms with van der Waals surface area (Å²) in [6.45, 7) is 4.14. The van der Waals surface area contributed by atoms with Crippen molar-refractivity contribution in [3.05, 3.63) is 54.1 Å². The van der Waals surface area contributed by atoms with Crippen LogP contribution in [0.4, 0.5) is 5.69 Å². The van der Waals surface area contributed by atoms with E-state index in [0.29, 0.717) is 31.9 Å². The zero-order valence-corrected chi connectivity index (χ0v) is 16.9. The first-order valence-electron chi connectivity index (χ1n) is 8.57. The zero-order chi connectivity index (χ0) is 19.7. The Balaban J connectivity index is 1.76. The number of nitrogens with zero attached hydrogens (tertiary/aromatic N) is 2. The van der Waals surface area contributed by atoms with E-state index in [9.17, 15) is 16.8 Å². The maximum Gasteiger partial charge on any atom is 0.261 e. The van der Waals surface area contributed by atoms with Crippen LogP contribution in [0.1, 0.15) is 5.56 Å². The van der Waals surface area contributed by atoms with Crippen LogP contribution in [0.25, 0.3) is 0 Å². The van der Waals surface area contributed by atoms with Gasteiger partial charge < -0.3 is 4.90 Å². The summed E-state index contributed by atoms with van der Waals surface area (Å²) in [7, 11) is -5.34. The van der Waals surface area contributed by atoms with Gasteiger partial charge in [-0.15, -0.1) is 0 Å². The van der Waals surface area contributed by atoms with Crippen LogP contribution < -0.4 is 4.72 Å². The SMILES string of the molecule is Cc1ccc(S(=O)(=O)Nc2ccc(S(=O)(=O)N3CCN(C)CC3)cc2)cc1. The molecule has 2 aromatic carbocycles. The number of aryl methyl sites for hydroxylation is 1. The van der Waals surface area contributed by atoms with Crippen molar-refractivity contribution in [1.29, 1.82) is 0 Å². The summed E-state index contributed by atoms with van der Waals surface area (Å²) in [5.41, 5.74) is 1.28. The third kappa shape index (κ3) is 4.49. The van der Waals surface area contributed by atoms with Crippen molar-refractivity contribution in [2.45, 2.75) is 16.7 Å². The van der Waals surface area contributed by atoms with Crippen molar-refractivity contribution < 1.29 is 16.8 Å². The molecule has 1 aliphatic rings. The molecule has 0 atom stereocenters. The van der Waals surface area contributed by atoms with Crippen LogP contribution in [0, 0.1) is 6.92 Å². The number of rotatable bonds is 5. The first kappa shape index (κ1) is 19.8. The molecule has 3 rings (SSSR count). The minimum absolute atomic E-state index is 0.155. The fourth-order valence-electron chi connectivity index (χ4n) is 2.80. The van der Waals surface area contributed by atoms with Gasteiger partial charge >= 0.3 is 0 Å². The van der Waals surface area contributed by atoms with Crippen LogP contribution in [-0.4, -0.2) is 59.3 Å². The van der Waals surface area contributed by atoms with Gasteiger partial charge in [-0.3, -0.25) is 4.72 Å². The number of hydrogen-bond acceptors (Lipinski definition) is 5. The molecule has 0 aliphatic carbocycles. The Labute approximate surface area is 160 Å². The molecule has 0 saturated carbocycles. The highest BCUT2D eigenvalue weighted by Crippen LogP contribution is 2.21. The van der Waals surface area contributed by atoms with E-state index in [-0.39, 0.29) is 9.79 Å². The monoisotopic (exact) mass is 409 g/mol. The molecule has 2 aromatic rings. The van der Waals surface area contributed by atoms with E-state index in [0.717, 1.165) is 5.56 Å². The van der Waals surface area contributed by atoms with Crippen LogP contribution in [0.15, 0.2) is 58.3 Å². The fourth-order valence-corrected chi connectivity index (χ4v) is 5.28. The Morgan fingerprint density at radius 2 is 1.30 bits per heavy atom. The Kier molecular flexibility index (Phi) is 5.57. The molecular weight excluding hydrogens is 386 g/mol. The predicted octanol–water partition coefficient (Wildman–Crippen LogP) is 1.73. The smallest absolute Gasteiger partial charge is 0.261 e. The van der Waals surface area contributed by atoms with E-state index in [1.54, 1.807) is 12.1 Å². The molecule has 0 aromatic heterocycles. The molecule has 1 N–H and O–H groups in total. The van der Waals surface area contributed by atoms with Crippen molar-refractivity contribution >= 4 is 25.7 Å². The minimum atomic E-state index is -3.72. The Morgan fingerprint density at radius 3 is 1.85 bits per heavy atom. The molecule has 0 bridgehead atoms. The normalized spacial score (nSPS) is 17.0. The molecule has 0 amide bonds. The maximum absolute atomic E-state index is 12.7. The van der Waals surface area contributed by atoms with Gasteiger partial charge in [-0.25, -0.2) is 16.8 Å². The van der Waals surface area contributed by atoms with Gasteiger partial charge in [0.1, 0.15) is 0 Å². The lowest BCUT2D eigenvalue weighted by atomic mass is 10.2. The highest BCUT2D eigenvalue weighted by Gasteiger charge is 2.27. The summed E-state index contributed by atoms with van der Waals surface area (Å²) in [4.78, 5) is 2.39. The van der Waals surface area contributed by atoms with Gasteiger partial charge in [0.25, 0.3) is 10.0 Å². The number of piperazine rings is 1. The number of benzene rings is 2. The summed E-state index contributed by atoms with van der Waals surface area (Å²) >= 11 is 0. The second-order valence-electron chi connectivity index (χ2n) is 6.65. The van der Waals surface area contributed by atoms with Gasteiger partial charge in [-0.2, -0.15) is 4.31 Å². The van der Waals surface area contributed by atoms with Crippen molar-refractivity contribution in [3.63, 3.8) is 0 Å². The molecule has 7 nitrogen and oxygen atoms in total. The average Bonchev–Trinajstić information content (AvgIpc) is 2.62. The molecule has 0 unspecified atom stereocenters. The van der Waals surface area contributed by atoms with Gasteiger partial charge in [0.2, 0.25) is 10.0 Å². The lowest BCUT2D eigenvalue weighted by Crippen LogP contribution is -2.46. The Hall–Kier alpha value is -1.94. The Morgan fingerprint density at radius 1 is 0.778 bits per heavy atom. The van der Waals surface area contributed by atoms with Crippen LogP contribution in [0.5, 0.6) is 0 Å². The van der Waals surface area contributed by atoms with Crippen molar-refractivity contribution in [2.75, 3.05) is 37.9 Å². The summed E-state index contributed by atoms with van der Waals surface area (Å²) in [6, 6.07) is 12.3. The van der Waals surface area contributed by atoms with E-state index >= 15 is 0 Å². The van der Waals surface area contributed by atoms with Crippen LogP contribution in [0.3, 0.4) is 0 Å². The third-order valence-corrected chi connectivity index (χ3v) is 7.85.